The molecule has 3 heterocycles. The molecule has 1 aliphatic heterocycles. The molecule has 6 nitrogen and oxygen atoms in total. The van der Waals surface area contributed by atoms with E-state index in [1.807, 2.05) is 79.3 Å². The van der Waals surface area contributed by atoms with Crippen LogP contribution in [0.1, 0.15) is 26.7 Å². The Morgan fingerprint density at radius 1 is 1.00 bits per heavy atom. The normalized spacial score (nSPS) is 16.2. The van der Waals surface area contributed by atoms with E-state index < -0.39 is 0 Å². The van der Waals surface area contributed by atoms with Gasteiger partial charge in [-0.25, -0.2) is 14.6 Å². The molecular weight excluding hydrogens is 386 g/mol. The minimum absolute atomic E-state index is 0.502. The van der Waals surface area contributed by atoms with E-state index in [1.54, 1.807) is 6.33 Å². The molecule has 0 amide bonds. The van der Waals surface area contributed by atoms with Gasteiger partial charge in [0, 0.05) is 17.8 Å². The average Bonchev–Trinajstić information content (AvgIpc) is 3.40. The largest absolute Gasteiger partial charge is 0.457 e. The van der Waals surface area contributed by atoms with Gasteiger partial charge in [-0.2, -0.15) is 5.10 Å². The molecule has 5 rings (SSSR count). The highest BCUT2D eigenvalue weighted by Gasteiger charge is 2.23. The van der Waals surface area contributed by atoms with E-state index >= 15 is 0 Å². The molecule has 0 N–H and O–H groups in total. The molecule has 1 aliphatic rings. The van der Waals surface area contributed by atoms with Crippen LogP contribution in [0.2, 0.25) is 0 Å². The van der Waals surface area contributed by atoms with Gasteiger partial charge in [-0.15, -0.1) is 0 Å². The van der Waals surface area contributed by atoms with Gasteiger partial charge in [-0.1, -0.05) is 32.0 Å². The van der Waals surface area contributed by atoms with Crippen molar-refractivity contribution in [2.24, 2.45) is 0 Å². The molecule has 1 unspecified atom stereocenters. The summed E-state index contributed by atoms with van der Waals surface area (Å²) in [7, 11) is 2.19. The fourth-order valence-electron chi connectivity index (χ4n) is 3.97. The number of aromatic nitrogens is 4. The maximum Gasteiger partial charge on any atom is 0.161 e. The Hall–Kier alpha value is -3.25. The average molecular weight is 416 g/mol. The van der Waals surface area contributed by atoms with Crippen molar-refractivity contribution in [1.29, 1.82) is 0 Å². The fraction of sp³-hybridized carbons (Fsp3) is 0.320. The molecule has 2 aromatic carbocycles. The predicted octanol–water partition coefficient (Wildman–Crippen LogP) is 5.41. The van der Waals surface area contributed by atoms with E-state index in [-0.39, 0.29) is 0 Å². The Kier molecular flexibility index (Phi) is 6.57. The van der Waals surface area contributed by atoms with Crippen molar-refractivity contribution in [3.05, 3.63) is 67.1 Å². The van der Waals surface area contributed by atoms with Gasteiger partial charge in [0.05, 0.1) is 11.9 Å². The second-order valence-electron chi connectivity index (χ2n) is 7.51. The second-order valence-corrected chi connectivity index (χ2v) is 7.51. The maximum atomic E-state index is 5.91. The van der Waals surface area contributed by atoms with Crippen LogP contribution in [-0.4, -0.2) is 44.3 Å². The number of hydrogen-bond acceptors (Lipinski definition) is 5. The summed E-state index contributed by atoms with van der Waals surface area (Å²) >= 11 is 0. The molecule has 0 saturated carbocycles. The smallest absolute Gasteiger partial charge is 0.161 e. The summed E-state index contributed by atoms with van der Waals surface area (Å²) in [6.45, 7) is 5.99. The number of rotatable bonds is 5. The third-order valence-electron chi connectivity index (χ3n) is 5.57. The number of fused-ring (bicyclic) bond motifs is 1. The number of likely N-dealkylation sites (tertiary alicyclic amines) is 1. The summed E-state index contributed by atoms with van der Waals surface area (Å²) in [5, 5.41) is 5.89. The number of likely N-dealkylation sites (N-methyl/N-ethyl adjacent to an activating group) is 1. The van der Waals surface area contributed by atoms with Crippen LogP contribution in [0.5, 0.6) is 11.5 Å². The highest BCUT2D eigenvalue weighted by Crippen LogP contribution is 2.30. The topological polar surface area (TPSA) is 56.1 Å². The zero-order chi connectivity index (χ0) is 21.6. The molecule has 4 aromatic rings. The SMILES string of the molecule is CC.CN1CCCC1Cn1nc(-c2ccc(Oc3ccccc3)cc2)c2cncnc21. The first-order valence-electron chi connectivity index (χ1n) is 11.0. The number of benzene rings is 2. The van der Waals surface area contributed by atoms with E-state index in [0.29, 0.717) is 6.04 Å². The van der Waals surface area contributed by atoms with E-state index in [9.17, 15) is 0 Å². The van der Waals surface area contributed by atoms with Crippen molar-refractivity contribution in [3.63, 3.8) is 0 Å². The summed E-state index contributed by atoms with van der Waals surface area (Å²) < 4.78 is 7.94. The number of ether oxygens (including phenoxy) is 1. The first kappa shape index (κ1) is 21.0. The van der Waals surface area contributed by atoms with Gasteiger partial charge >= 0.3 is 0 Å². The monoisotopic (exact) mass is 415 g/mol. The van der Waals surface area contributed by atoms with Crippen molar-refractivity contribution >= 4 is 11.0 Å². The van der Waals surface area contributed by atoms with Crippen molar-refractivity contribution < 1.29 is 4.74 Å². The van der Waals surface area contributed by atoms with Crippen molar-refractivity contribution in [2.75, 3.05) is 13.6 Å². The Balaban J connectivity index is 0.00000112. The van der Waals surface area contributed by atoms with Gasteiger partial charge in [0.25, 0.3) is 0 Å². The summed E-state index contributed by atoms with van der Waals surface area (Å²) in [5.74, 6) is 1.62. The first-order chi connectivity index (χ1) is 15.3. The summed E-state index contributed by atoms with van der Waals surface area (Å²) in [6.07, 6.45) is 5.89. The minimum atomic E-state index is 0.502. The number of hydrogen-bond donors (Lipinski definition) is 0. The predicted molar refractivity (Wildman–Crippen MR) is 124 cm³/mol. The zero-order valence-electron chi connectivity index (χ0n) is 18.4. The lowest BCUT2D eigenvalue weighted by Gasteiger charge is -2.19. The molecule has 1 fully saturated rings. The molecule has 1 atom stereocenters. The molecule has 0 bridgehead atoms. The van der Waals surface area contributed by atoms with Gasteiger partial charge in [0.15, 0.2) is 5.65 Å². The van der Waals surface area contributed by atoms with E-state index in [4.69, 9.17) is 9.84 Å². The van der Waals surface area contributed by atoms with E-state index in [1.165, 1.54) is 12.8 Å². The second kappa shape index (κ2) is 9.71. The van der Waals surface area contributed by atoms with Crippen molar-refractivity contribution in [2.45, 2.75) is 39.3 Å². The lowest BCUT2D eigenvalue weighted by Crippen LogP contribution is -2.29. The van der Waals surface area contributed by atoms with Crippen LogP contribution in [0, 0.1) is 0 Å². The van der Waals surface area contributed by atoms with Gasteiger partial charge in [0.1, 0.15) is 23.5 Å². The summed E-state index contributed by atoms with van der Waals surface area (Å²) in [4.78, 5) is 11.2. The van der Waals surface area contributed by atoms with Crippen LogP contribution in [0.25, 0.3) is 22.3 Å². The highest BCUT2D eigenvalue weighted by atomic mass is 16.5. The molecule has 2 aromatic heterocycles. The van der Waals surface area contributed by atoms with Crippen LogP contribution in [0.4, 0.5) is 0 Å². The molecule has 31 heavy (non-hydrogen) atoms. The summed E-state index contributed by atoms with van der Waals surface area (Å²) in [6, 6.07) is 18.3. The molecule has 0 aliphatic carbocycles. The van der Waals surface area contributed by atoms with Crippen LogP contribution in [0.15, 0.2) is 67.1 Å². The minimum Gasteiger partial charge on any atom is -0.457 e. The van der Waals surface area contributed by atoms with Gasteiger partial charge in [-0.05, 0) is 62.8 Å². The first-order valence-corrected chi connectivity index (χ1v) is 11.0. The van der Waals surface area contributed by atoms with Gasteiger partial charge in [0.2, 0.25) is 0 Å². The van der Waals surface area contributed by atoms with Crippen LogP contribution in [0.3, 0.4) is 0 Å². The van der Waals surface area contributed by atoms with E-state index in [0.717, 1.165) is 46.9 Å². The molecule has 160 valence electrons. The third-order valence-corrected chi connectivity index (χ3v) is 5.57. The lowest BCUT2D eigenvalue weighted by atomic mass is 10.1. The quantitative estimate of drug-likeness (QED) is 0.436. The van der Waals surface area contributed by atoms with Crippen LogP contribution in [-0.2, 0) is 6.54 Å². The van der Waals surface area contributed by atoms with Crippen molar-refractivity contribution in [1.82, 2.24) is 24.6 Å². The molecule has 0 spiro atoms. The molecule has 1 saturated heterocycles. The van der Waals surface area contributed by atoms with Crippen molar-refractivity contribution in [3.8, 4) is 22.8 Å². The number of nitrogens with zero attached hydrogens (tertiary/aromatic N) is 5. The fourth-order valence-corrected chi connectivity index (χ4v) is 3.97. The van der Waals surface area contributed by atoms with Crippen LogP contribution < -0.4 is 4.74 Å². The molecule has 6 heteroatoms. The maximum absolute atomic E-state index is 5.91. The Morgan fingerprint density at radius 3 is 2.45 bits per heavy atom. The van der Waals surface area contributed by atoms with Gasteiger partial charge in [-0.3, -0.25) is 0 Å². The Bertz CT molecular complexity index is 1110. The standard InChI is InChI=1S/C23H23N5O.C2H6/c1-27-13-5-6-18(27)15-28-23-21(14-24-16-25-23)22(26-28)17-9-11-20(12-10-17)29-19-7-3-2-4-8-19;1-2/h2-4,7-12,14,16,18H,5-6,13,15H2,1H3;1-2H3. The Morgan fingerprint density at radius 2 is 1.74 bits per heavy atom. The van der Waals surface area contributed by atoms with E-state index in [2.05, 4.69) is 21.9 Å². The third kappa shape index (κ3) is 4.59. The lowest BCUT2D eigenvalue weighted by molar-refractivity contribution is 0.277. The number of para-hydroxylation sites is 1. The van der Waals surface area contributed by atoms with Crippen LogP contribution >= 0.6 is 0 Å². The summed E-state index contributed by atoms with van der Waals surface area (Å²) in [5.41, 5.74) is 2.83. The zero-order valence-corrected chi connectivity index (χ0v) is 18.4. The highest BCUT2D eigenvalue weighted by molar-refractivity contribution is 5.90. The van der Waals surface area contributed by atoms with Gasteiger partial charge < -0.3 is 9.64 Å². The molecule has 0 radical (unpaired) electrons. The molecular formula is C25H29N5O. The Labute approximate surface area is 183 Å².